The van der Waals surface area contributed by atoms with Crippen LogP contribution in [0, 0.1) is 6.92 Å². The Morgan fingerprint density at radius 2 is 2.11 bits per heavy atom. The Balaban J connectivity index is 3.17. The van der Waals surface area contributed by atoms with Crippen molar-refractivity contribution >= 4 is 26.0 Å². The molecule has 0 heterocycles. The van der Waals surface area contributed by atoms with Crippen molar-refractivity contribution in [3.63, 3.8) is 0 Å². The molecule has 7 heteroatoms. The summed E-state index contributed by atoms with van der Waals surface area (Å²) in [5.41, 5.74) is 7.00. The molecule has 0 amide bonds. The lowest BCUT2D eigenvalue weighted by Crippen LogP contribution is -2.36. The van der Waals surface area contributed by atoms with Crippen molar-refractivity contribution in [3.8, 4) is 0 Å². The highest BCUT2D eigenvalue weighted by Gasteiger charge is 2.21. The molecule has 0 saturated carbocycles. The molecule has 0 aliphatic rings. The third-order valence-corrected chi connectivity index (χ3v) is 5.19. The first-order valence-corrected chi connectivity index (χ1v) is 8.09. The maximum Gasteiger partial charge on any atom is 0.241 e. The van der Waals surface area contributed by atoms with E-state index in [1.807, 2.05) is 6.07 Å². The predicted molar refractivity (Wildman–Crippen MR) is 78.4 cm³/mol. The fourth-order valence-corrected chi connectivity index (χ4v) is 3.90. The molecule has 108 valence electrons. The van der Waals surface area contributed by atoms with Crippen LogP contribution in [-0.4, -0.2) is 28.2 Å². The standard InChI is InChI=1S/C12H19BrN2O3S/c1-8(7-18-3)15-19(16,17)12-5-10(6-14)4-11(13)9(12)2/h4-5,8,15H,6-7,14H2,1-3H3. The Labute approximate surface area is 122 Å². The number of ether oxygens (including phenoxy) is 1. The van der Waals surface area contributed by atoms with Crippen LogP contribution < -0.4 is 10.5 Å². The maximum absolute atomic E-state index is 12.3. The van der Waals surface area contributed by atoms with E-state index in [9.17, 15) is 8.42 Å². The number of halogens is 1. The second-order valence-electron chi connectivity index (χ2n) is 4.38. The lowest BCUT2D eigenvalue weighted by molar-refractivity contribution is 0.180. The molecule has 1 unspecified atom stereocenters. The van der Waals surface area contributed by atoms with Crippen LogP contribution in [0.25, 0.3) is 0 Å². The van der Waals surface area contributed by atoms with Crippen LogP contribution in [-0.2, 0) is 21.3 Å². The largest absolute Gasteiger partial charge is 0.383 e. The van der Waals surface area contributed by atoms with Crippen molar-refractivity contribution in [1.29, 1.82) is 0 Å². The van der Waals surface area contributed by atoms with E-state index in [4.69, 9.17) is 10.5 Å². The summed E-state index contributed by atoms with van der Waals surface area (Å²) in [4.78, 5) is 0.241. The number of hydrogen-bond acceptors (Lipinski definition) is 4. The Hall–Kier alpha value is -0.470. The zero-order chi connectivity index (χ0) is 14.6. The predicted octanol–water partition coefficient (Wildman–Crippen LogP) is 1.53. The molecule has 5 nitrogen and oxygen atoms in total. The number of nitrogens with one attached hydrogen (secondary N) is 1. The third kappa shape index (κ3) is 4.25. The molecule has 0 aliphatic heterocycles. The first-order valence-electron chi connectivity index (χ1n) is 5.82. The van der Waals surface area contributed by atoms with Gasteiger partial charge in [0.05, 0.1) is 11.5 Å². The van der Waals surface area contributed by atoms with Crippen molar-refractivity contribution in [3.05, 3.63) is 27.7 Å². The topological polar surface area (TPSA) is 81.4 Å². The van der Waals surface area contributed by atoms with Crippen LogP contribution in [0.15, 0.2) is 21.5 Å². The van der Waals surface area contributed by atoms with Gasteiger partial charge in [0.1, 0.15) is 0 Å². The summed E-state index contributed by atoms with van der Waals surface area (Å²) in [5.74, 6) is 0. The highest BCUT2D eigenvalue weighted by Crippen LogP contribution is 2.25. The average Bonchev–Trinajstić information content (AvgIpc) is 2.31. The van der Waals surface area contributed by atoms with E-state index in [1.165, 1.54) is 7.11 Å². The lowest BCUT2D eigenvalue weighted by Gasteiger charge is -2.16. The molecule has 1 rings (SSSR count). The molecule has 3 N–H and O–H groups in total. The molecule has 1 atom stereocenters. The van der Waals surface area contributed by atoms with E-state index in [0.717, 1.165) is 10.0 Å². The average molecular weight is 351 g/mol. The number of sulfonamides is 1. The van der Waals surface area contributed by atoms with Gasteiger partial charge in [-0.2, -0.15) is 0 Å². The minimum absolute atomic E-state index is 0.241. The van der Waals surface area contributed by atoms with Gasteiger partial charge in [-0.1, -0.05) is 15.9 Å². The molecular formula is C12H19BrN2O3S. The number of nitrogens with two attached hydrogens (primary N) is 1. The van der Waals surface area contributed by atoms with Crippen LogP contribution in [0.4, 0.5) is 0 Å². The fraction of sp³-hybridized carbons (Fsp3) is 0.500. The fourth-order valence-electron chi connectivity index (χ4n) is 1.72. The summed E-state index contributed by atoms with van der Waals surface area (Å²) < 4.78 is 32.9. The van der Waals surface area contributed by atoms with Crippen molar-refractivity contribution in [2.75, 3.05) is 13.7 Å². The van der Waals surface area contributed by atoms with E-state index in [2.05, 4.69) is 20.7 Å². The van der Waals surface area contributed by atoms with Gasteiger partial charge in [-0.05, 0) is 37.1 Å². The van der Waals surface area contributed by atoms with Crippen LogP contribution in [0.2, 0.25) is 0 Å². The minimum atomic E-state index is -3.58. The molecule has 19 heavy (non-hydrogen) atoms. The Morgan fingerprint density at radius 3 is 2.63 bits per heavy atom. The van der Waals surface area contributed by atoms with Crippen LogP contribution >= 0.6 is 15.9 Å². The molecule has 1 aromatic rings. The van der Waals surface area contributed by atoms with Crippen molar-refractivity contribution < 1.29 is 13.2 Å². The molecule has 0 saturated heterocycles. The van der Waals surface area contributed by atoms with Gasteiger partial charge in [0.15, 0.2) is 0 Å². The molecule has 0 fully saturated rings. The monoisotopic (exact) mass is 350 g/mol. The van der Waals surface area contributed by atoms with Crippen LogP contribution in [0.1, 0.15) is 18.1 Å². The first kappa shape index (κ1) is 16.6. The number of benzene rings is 1. The van der Waals surface area contributed by atoms with Gasteiger partial charge >= 0.3 is 0 Å². The van der Waals surface area contributed by atoms with E-state index in [-0.39, 0.29) is 17.5 Å². The molecule has 1 aromatic carbocycles. The molecular weight excluding hydrogens is 332 g/mol. The second-order valence-corrected chi connectivity index (χ2v) is 6.92. The van der Waals surface area contributed by atoms with Gasteiger partial charge in [-0.3, -0.25) is 0 Å². The van der Waals surface area contributed by atoms with Crippen LogP contribution in [0.5, 0.6) is 0 Å². The van der Waals surface area contributed by atoms with Crippen molar-refractivity contribution in [1.82, 2.24) is 4.72 Å². The Kier molecular flexibility index (Phi) is 5.94. The van der Waals surface area contributed by atoms with Crippen molar-refractivity contribution in [2.45, 2.75) is 31.3 Å². The molecule has 0 aliphatic carbocycles. The summed E-state index contributed by atoms with van der Waals surface area (Å²) in [6.07, 6.45) is 0. The van der Waals surface area contributed by atoms with Gasteiger partial charge in [-0.25, -0.2) is 13.1 Å². The summed E-state index contributed by atoms with van der Waals surface area (Å²) >= 11 is 3.35. The molecule has 0 aromatic heterocycles. The SMILES string of the molecule is COCC(C)NS(=O)(=O)c1cc(CN)cc(Br)c1C. The maximum atomic E-state index is 12.3. The van der Waals surface area contributed by atoms with E-state index >= 15 is 0 Å². The van der Waals surface area contributed by atoms with E-state index < -0.39 is 10.0 Å². The highest BCUT2D eigenvalue weighted by atomic mass is 79.9. The third-order valence-electron chi connectivity index (χ3n) is 2.65. The van der Waals surface area contributed by atoms with E-state index in [0.29, 0.717) is 12.2 Å². The summed E-state index contributed by atoms with van der Waals surface area (Å²) in [6.45, 7) is 4.10. The van der Waals surface area contributed by atoms with Gasteiger partial charge < -0.3 is 10.5 Å². The first-order chi connectivity index (χ1) is 8.81. The number of methoxy groups -OCH3 is 1. The van der Waals surface area contributed by atoms with Gasteiger partial charge in [-0.15, -0.1) is 0 Å². The Morgan fingerprint density at radius 1 is 1.47 bits per heavy atom. The van der Waals surface area contributed by atoms with E-state index in [1.54, 1.807) is 19.9 Å². The molecule has 0 radical (unpaired) electrons. The number of hydrogen-bond donors (Lipinski definition) is 2. The smallest absolute Gasteiger partial charge is 0.241 e. The van der Waals surface area contributed by atoms with Gasteiger partial charge in [0.2, 0.25) is 10.0 Å². The Bertz CT molecular complexity index is 546. The lowest BCUT2D eigenvalue weighted by atomic mass is 10.1. The van der Waals surface area contributed by atoms with Crippen molar-refractivity contribution in [2.24, 2.45) is 5.73 Å². The zero-order valence-electron chi connectivity index (χ0n) is 11.2. The summed E-state index contributed by atoms with van der Waals surface area (Å²) in [6, 6.07) is 3.13. The summed E-state index contributed by atoms with van der Waals surface area (Å²) in [5, 5.41) is 0. The quantitative estimate of drug-likeness (QED) is 0.814. The van der Waals surface area contributed by atoms with Gasteiger partial charge in [0, 0.05) is 24.2 Å². The van der Waals surface area contributed by atoms with Gasteiger partial charge in [0.25, 0.3) is 0 Å². The molecule has 0 bridgehead atoms. The number of rotatable bonds is 6. The second kappa shape index (κ2) is 6.81. The van der Waals surface area contributed by atoms with Crippen LogP contribution in [0.3, 0.4) is 0 Å². The zero-order valence-corrected chi connectivity index (χ0v) is 13.6. The molecule has 0 spiro atoms. The highest BCUT2D eigenvalue weighted by molar-refractivity contribution is 9.10. The summed E-state index contributed by atoms with van der Waals surface area (Å²) in [7, 11) is -2.05. The normalized spacial score (nSPS) is 13.5. The minimum Gasteiger partial charge on any atom is -0.383 e.